The van der Waals surface area contributed by atoms with Gasteiger partial charge in [-0.25, -0.2) is 4.79 Å². The quantitative estimate of drug-likeness (QED) is 0.591. The van der Waals surface area contributed by atoms with Gasteiger partial charge in [-0.05, 0) is 52.4 Å². The maximum atomic E-state index is 12.5. The lowest BCUT2D eigenvalue weighted by Crippen LogP contribution is -2.60. The smallest absolute Gasteiger partial charge is 0.333 e. The number of ether oxygens (including phenoxy) is 2. The third-order valence-corrected chi connectivity index (χ3v) is 6.87. The Morgan fingerprint density at radius 1 is 1.14 bits per heavy atom. The average molecular weight is 306 g/mol. The van der Waals surface area contributed by atoms with Crippen molar-refractivity contribution in [1.82, 2.24) is 0 Å². The number of carbonyl (C=O) groups is 2. The van der Waals surface area contributed by atoms with E-state index in [1.54, 1.807) is 6.92 Å². The van der Waals surface area contributed by atoms with Crippen LogP contribution in [-0.2, 0) is 19.1 Å². The third-order valence-electron chi connectivity index (χ3n) is 6.87. The van der Waals surface area contributed by atoms with E-state index in [9.17, 15) is 9.59 Å². The molecule has 0 spiro atoms. The lowest BCUT2D eigenvalue weighted by molar-refractivity contribution is -0.216. The molecular weight excluding hydrogens is 280 g/mol. The van der Waals surface area contributed by atoms with Crippen LogP contribution in [0, 0.1) is 10.8 Å². The van der Waals surface area contributed by atoms with Gasteiger partial charge < -0.3 is 9.47 Å². The van der Waals surface area contributed by atoms with Gasteiger partial charge in [0.05, 0.1) is 5.41 Å². The minimum absolute atomic E-state index is 0.138. The molecule has 22 heavy (non-hydrogen) atoms. The van der Waals surface area contributed by atoms with E-state index in [1.807, 2.05) is 6.92 Å². The van der Waals surface area contributed by atoms with Crippen molar-refractivity contribution in [2.45, 2.75) is 77.4 Å². The van der Waals surface area contributed by atoms with E-state index in [4.69, 9.17) is 9.47 Å². The Kier molecular flexibility index (Phi) is 3.09. The molecule has 2 aliphatic carbocycles. The minimum atomic E-state index is -0.701. The summed E-state index contributed by atoms with van der Waals surface area (Å²) in [5.74, 6) is -0.509. The van der Waals surface area contributed by atoms with E-state index < -0.39 is 16.6 Å². The number of rotatable bonds is 3. The Hall–Kier alpha value is -1.32. The predicted octanol–water partition coefficient (Wildman–Crippen LogP) is 3.54. The van der Waals surface area contributed by atoms with Gasteiger partial charge >= 0.3 is 11.9 Å². The van der Waals surface area contributed by atoms with Crippen LogP contribution in [0.3, 0.4) is 0 Å². The molecule has 0 N–H and O–H groups in total. The van der Waals surface area contributed by atoms with Crippen molar-refractivity contribution >= 4 is 11.9 Å². The molecule has 0 radical (unpaired) electrons. The van der Waals surface area contributed by atoms with Crippen LogP contribution >= 0.6 is 0 Å². The largest absolute Gasteiger partial charge is 0.454 e. The second kappa shape index (κ2) is 4.36. The SMILES string of the molecule is C=C(C)C(=O)OC1(C23CCC(C)(C(=O)O2)C3(C)C)CCCC1. The van der Waals surface area contributed by atoms with Gasteiger partial charge in [0.25, 0.3) is 0 Å². The van der Waals surface area contributed by atoms with Gasteiger partial charge in [-0.2, -0.15) is 0 Å². The molecule has 0 aromatic heterocycles. The zero-order chi connectivity index (χ0) is 16.4. The van der Waals surface area contributed by atoms with E-state index in [0.717, 1.165) is 38.5 Å². The van der Waals surface area contributed by atoms with Crippen molar-refractivity contribution in [1.29, 1.82) is 0 Å². The molecule has 4 heteroatoms. The van der Waals surface area contributed by atoms with Crippen LogP contribution in [0.15, 0.2) is 12.2 Å². The number of hydrogen-bond donors (Lipinski definition) is 0. The molecule has 122 valence electrons. The van der Waals surface area contributed by atoms with Crippen LogP contribution in [0.1, 0.15) is 66.2 Å². The summed E-state index contributed by atoms with van der Waals surface area (Å²) in [6.07, 6.45) is 5.08. The summed E-state index contributed by atoms with van der Waals surface area (Å²) in [6.45, 7) is 11.5. The molecule has 0 aromatic carbocycles. The van der Waals surface area contributed by atoms with Crippen LogP contribution < -0.4 is 0 Å². The van der Waals surface area contributed by atoms with Crippen molar-refractivity contribution in [3.05, 3.63) is 12.2 Å². The molecule has 2 atom stereocenters. The predicted molar refractivity (Wildman–Crippen MR) is 82.1 cm³/mol. The molecule has 1 aliphatic heterocycles. The summed E-state index contributed by atoms with van der Waals surface area (Å²) in [4.78, 5) is 24.8. The number of fused-ring (bicyclic) bond motifs is 2. The first-order chi connectivity index (χ1) is 10.1. The molecule has 4 nitrogen and oxygen atoms in total. The molecule has 0 amide bonds. The van der Waals surface area contributed by atoms with E-state index in [0.29, 0.717) is 5.57 Å². The fourth-order valence-electron chi connectivity index (χ4n) is 4.99. The zero-order valence-electron chi connectivity index (χ0n) is 14.1. The van der Waals surface area contributed by atoms with Gasteiger partial charge in [0, 0.05) is 11.0 Å². The fraction of sp³-hybridized carbons (Fsp3) is 0.778. The summed E-state index contributed by atoms with van der Waals surface area (Å²) in [6, 6.07) is 0. The lowest BCUT2D eigenvalue weighted by Gasteiger charge is -2.49. The first-order valence-corrected chi connectivity index (χ1v) is 8.24. The van der Waals surface area contributed by atoms with E-state index in [2.05, 4.69) is 20.4 Å². The normalized spacial score (nSPS) is 37.9. The van der Waals surface area contributed by atoms with Crippen molar-refractivity contribution in [3.63, 3.8) is 0 Å². The van der Waals surface area contributed by atoms with Gasteiger partial charge in [-0.3, -0.25) is 4.79 Å². The molecule has 3 fully saturated rings. The summed E-state index contributed by atoms with van der Waals surface area (Å²) in [5.41, 5.74) is -1.84. The molecule has 2 saturated carbocycles. The van der Waals surface area contributed by atoms with Gasteiger partial charge in [0.2, 0.25) is 0 Å². The summed E-state index contributed by atoms with van der Waals surface area (Å²) >= 11 is 0. The molecular formula is C18H26O4. The first-order valence-electron chi connectivity index (χ1n) is 8.24. The van der Waals surface area contributed by atoms with Crippen molar-refractivity contribution in [2.24, 2.45) is 10.8 Å². The van der Waals surface area contributed by atoms with Gasteiger partial charge in [0.15, 0.2) is 11.2 Å². The van der Waals surface area contributed by atoms with Gasteiger partial charge in [-0.15, -0.1) is 0 Å². The van der Waals surface area contributed by atoms with Crippen molar-refractivity contribution < 1.29 is 19.1 Å². The topological polar surface area (TPSA) is 52.6 Å². The highest BCUT2D eigenvalue weighted by Gasteiger charge is 2.79. The van der Waals surface area contributed by atoms with Crippen LogP contribution in [0.5, 0.6) is 0 Å². The monoisotopic (exact) mass is 306 g/mol. The highest BCUT2D eigenvalue weighted by molar-refractivity contribution is 5.88. The average Bonchev–Trinajstić information content (AvgIpc) is 3.01. The van der Waals surface area contributed by atoms with Crippen LogP contribution in [0.4, 0.5) is 0 Å². The maximum Gasteiger partial charge on any atom is 0.333 e. The van der Waals surface area contributed by atoms with E-state index in [1.165, 1.54) is 0 Å². The molecule has 2 bridgehead atoms. The molecule has 1 heterocycles. The molecule has 3 aliphatic rings. The zero-order valence-corrected chi connectivity index (χ0v) is 14.1. The summed E-state index contributed by atoms with van der Waals surface area (Å²) in [7, 11) is 0. The number of carbonyl (C=O) groups excluding carboxylic acids is 2. The van der Waals surface area contributed by atoms with Gasteiger partial charge in [0.1, 0.15) is 0 Å². The fourth-order valence-corrected chi connectivity index (χ4v) is 4.99. The molecule has 2 unspecified atom stereocenters. The van der Waals surface area contributed by atoms with E-state index in [-0.39, 0.29) is 17.4 Å². The highest BCUT2D eigenvalue weighted by atomic mass is 16.6. The molecule has 3 rings (SSSR count). The summed E-state index contributed by atoms with van der Waals surface area (Å²) in [5, 5.41) is 0. The highest BCUT2D eigenvalue weighted by Crippen LogP contribution is 2.71. The second-order valence-corrected chi connectivity index (χ2v) is 8.04. The van der Waals surface area contributed by atoms with Crippen molar-refractivity contribution in [3.8, 4) is 0 Å². The second-order valence-electron chi connectivity index (χ2n) is 8.04. The molecule has 1 saturated heterocycles. The molecule has 0 aromatic rings. The lowest BCUT2D eigenvalue weighted by atomic mass is 9.61. The van der Waals surface area contributed by atoms with E-state index >= 15 is 0 Å². The van der Waals surface area contributed by atoms with Crippen LogP contribution in [0.25, 0.3) is 0 Å². The Labute approximate surface area is 132 Å². The number of esters is 2. The van der Waals surface area contributed by atoms with Crippen LogP contribution in [0.2, 0.25) is 0 Å². The third kappa shape index (κ3) is 1.53. The summed E-state index contributed by atoms with van der Waals surface area (Å²) < 4.78 is 12.0. The Morgan fingerprint density at radius 3 is 2.14 bits per heavy atom. The maximum absolute atomic E-state index is 12.5. The minimum Gasteiger partial charge on any atom is -0.454 e. The van der Waals surface area contributed by atoms with Crippen LogP contribution in [-0.4, -0.2) is 23.1 Å². The van der Waals surface area contributed by atoms with Gasteiger partial charge in [-0.1, -0.05) is 20.4 Å². The van der Waals surface area contributed by atoms with Crippen molar-refractivity contribution in [2.75, 3.05) is 0 Å². The standard InChI is InChI=1S/C18H26O4/c1-12(2)13(19)21-17(8-6-7-9-17)18-11-10-16(5,14(20)22-18)15(18,3)4/h1,6-11H2,2-5H3. The first kappa shape index (κ1) is 15.6. The Bertz CT molecular complexity index is 555. The Balaban J connectivity index is 2.08. The number of hydrogen-bond acceptors (Lipinski definition) is 4. The Morgan fingerprint density at radius 2 is 1.73 bits per heavy atom.